The summed E-state index contributed by atoms with van der Waals surface area (Å²) >= 11 is 0. The van der Waals surface area contributed by atoms with Crippen molar-refractivity contribution in [2.24, 2.45) is 0 Å². The predicted molar refractivity (Wildman–Crippen MR) is 52.5 cm³/mol. The number of carbonyl (C=O) groups is 1. The lowest BCUT2D eigenvalue weighted by Crippen LogP contribution is -2.52. The first-order valence-electron chi connectivity index (χ1n) is 5.14. The molecule has 1 unspecified atom stereocenters. The largest absolute Gasteiger partial charge is 0.453 e. The molecule has 1 aliphatic heterocycles. The second kappa shape index (κ2) is 5.54. The lowest BCUT2D eigenvalue weighted by molar-refractivity contribution is -0.208. The number of amides is 1. The number of β-amino-alcohol motifs (C(OH)–C–C–N with tert-alkyl or cyclic N) is 1. The standard InChI is InChI=1S/C9H15F3N2O3/c1-17-8(16)14-4-2-13(3-5-14)6-7(15)9(10,11)12/h7,15H,2-6H2,1H3. The molecule has 1 fully saturated rings. The normalized spacial score (nSPS) is 20.2. The molecular formula is C9H15F3N2O3. The van der Waals surface area contributed by atoms with Crippen LogP contribution in [0.3, 0.4) is 0 Å². The van der Waals surface area contributed by atoms with Crippen LogP contribution in [0.4, 0.5) is 18.0 Å². The summed E-state index contributed by atoms with van der Waals surface area (Å²) in [5, 5.41) is 8.89. The molecule has 1 rings (SSSR count). The third-order valence-electron chi connectivity index (χ3n) is 2.61. The zero-order valence-corrected chi connectivity index (χ0v) is 9.40. The molecule has 1 aliphatic rings. The summed E-state index contributed by atoms with van der Waals surface area (Å²) in [6.45, 7) is 0.734. The Kier molecular flexibility index (Phi) is 4.58. The number of hydrogen-bond donors (Lipinski definition) is 1. The van der Waals surface area contributed by atoms with Crippen LogP contribution in [0.2, 0.25) is 0 Å². The van der Waals surface area contributed by atoms with E-state index in [-0.39, 0.29) is 0 Å². The second-order valence-electron chi connectivity index (χ2n) is 3.82. The van der Waals surface area contributed by atoms with Crippen molar-refractivity contribution in [2.45, 2.75) is 12.3 Å². The summed E-state index contributed by atoms with van der Waals surface area (Å²) in [4.78, 5) is 14.0. The Morgan fingerprint density at radius 2 is 1.88 bits per heavy atom. The van der Waals surface area contributed by atoms with E-state index in [2.05, 4.69) is 4.74 Å². The van der Waals surface area contributed by atoms with Gasteiger partial charge in [-0.3, -0.25) is 4.90 Å². The number of aliphatic hydroxyl groups excluding tert-OH is 1. The number of nitrogens with zero attached hydrogens (tertiary/aromatic N) is 2. The molecule has 17 heavy (non-hydrogen) atoms. The number of rotatable bonds is 2. The Bertz CT molecular complexity index is 265. The third kappa shape index (κ3) is 4.04. The fraction of sp³-hybridized carbons (Fsp3) is 0.889. The first-order valence-corrected chi connectivity index (χ1v) is 5.14. The van der Waals surface area contributed by atoms with Gasteiger partial charge in [-0.2, -0.15) is 13.2 Å². The van der Waals surface area contributed by atoms with Crippen LogP contribution < -0.4 is 0 Å². The van der Waals surface area contributed by atoms with Gasteiger partial charge in [0.1, 0.15) is 0 Å². The van der Waals surface area contributed by atoms with Crippen LogP contribution in [0.1, 0.15) is 0 Å². The SMILES string of the molecule is COC(=O)N1CCN(CC(O)C(F)(F)F)CC1. The van der Waals surface area contributed by atoms with Gasteiger partial charge in [-0.25, -0.2) is 4.79 Å². The summed E-state index contributed by atoms with van der Waals surface area (Å²) in [7, 11) is 1.25. The zero-order valence-electron chi connectivity index (χ0n) is 9.40. The first-order chi connectivity index (χ1) is 7.84. The van der Waals surface area contributed by atoms with Crippen molar-refractivity contribution >= 4 is 6.09 Å². The number of hydrogen-bond acceptors (Lipinski definition) is 4. The highest BCUT2D eigenvalue weighted by atomic mass is 19.4. The van der Waals surface area contributed by atoms with Crippen molar-refractivity contribution in [3.8, 4) is 0 Å². The van der Waals surface area contributed by atoms with Crippen LogP contribution in [0.5, 0.6) is 0 Å². The molecule has 0 saturated carbocycles. The summed E-state index contributed by atoms with van der Waals surface area (Å²) in [6.07, 6.45) is -7.42. The lowest BCUT2D eigenvalue weighted by Gasteiger charge is -2.34. The highest BCUT2D eigenvalue weighted by Crippen LogP contribution is 2.21. The Morgan fingerprint density at radius 1 is 1.35 bits per heavy atom. The molecule has 0 aromatic carbocycles. The molecule has 0 aromatic heterocycles. The van der Waals surface area contributed by atoms with E-state index >= 15 is 0 Å². The average molecular weight is 256 g/mol. The van der Waals surface area contributed by atoms with Crippen molar-refractivity contribution in [1.82, 2.24) is 9.80 Å². The average Bonchev–Trinajstić information content (AvgIpc) is 2.27. The molecular weight excluding hydrogens is 241 g/mol. The van der Waals surface area contributed by atoms with Gasteiger partial charge in [0.05, 0.1) is 7.11 Å². The molecule has 8 heteroatoms. The van der Waals surface area contributed by atoms with E-state index in [1.807, 2.05) is 0 Å². The summed E-state index contributed by atoms with van der Waals surface area (Å²) < 4.78 is 40.8. The minimum atomic E-state index is -4.60. The molecule has 1 heterocycles. The molecule has 1 saturated heterocycles. The number of aliphatic hydroxyl groups is 1. The molecule has 1 N–H and O–H groups in total. The predicted octanol–water partition coefficient (Wildman–Crippen LogP) is 0.294. The quantitative estimate of drug-likeness (QED) is 0.771. The van der Waals surface area contributed by atoms with Gasteiger partial charge in [-0.15, -0.1) is 0 Å². The van der Waals surface area contributed by atoms with Gasteiger partial charge in [0.2, 0.25) is 0 Å². The number of ether oxygens (including phenoxy) is 1. The zero-order chi connectivity index (χ0) is 13.1. The van der Waals surface area contributed by atoms with E-state index in [0.717, 1.165) is 0 Å². The molecule has 0 aromatic rings. The van der Waals surface area contributed by atoms with Gasteiger partial charge in [0, 0.05) is 32.7 Å². The Hall–Kier alpha value is -1.02. The molecule has 0 aliphatic carbocycles. The smallest absolute Gasteiger partial charge is 0.415 e. The molecule has 1 amide bonds. The maximum absolute atomic E-state index is 12.1. The molecule has 0 radical (unpaired) electrons. The van der Waals surface area contributed by atoms with E-state index in [0.29, 0.717) is 26.2 Å². The highest BCUT2D eigenvalue weighted by Gasteiger charge is 2.39. The molecule has 0 bridgehead atoms. The van der Waals surface area contributed by atoms with E-state index in [1.165, 1.54) is 16.9 Å². The summed E-state index contributed by atoms with van der Waals surface area (Å²) in [5.41, 5.74) is 0. The van der Waals surface area contributed by atoms with Gasteiger partial charge in [-0.1, -0.05) is 0 Å². The number of methoxy groups -OCH3 is 1. The van der Waals surface area contributed by atoms with Crippen LogP contribution in [-0.2, 0) is 4.74 Å². The van der Waals surface area contributed by atoms with E-state index in [4.69, 9.17) is 5.11 Å². The Balaban J connectivity index is 2.35. The Morgan fingerprint density at radius 3 is 2.29 bits per heavy atom. The minimum absolute atomic E-state index is 0.294. The van der Waals surface area contributed by atoms with E-state index < -0.39 is 24.9 Å². The van der Waals surface area contributed by atoms with E-state index in [9.17, 15) is 18.0 Å². The summed E-state index contributed by atoms with van der Waals surface area (Å²) in [5.74, 6) is 0. The van der Waals surface area contributed by atoms with Crippen molar-refractivity contribution in [2.75, 3.05) is 39.8 Å². The summed E-state index contributed by atoms with van der Waals surface area (Å²) in [6, 6.07) is 0. The lowest BCUT2D eigenvalue weighted by atomic mass is 10.2. The monoisotopic (exact) mass is 256 g/mol. The minimum Gasteiger partial charge on any atom is -0.453 e. The van der Waals surface area contributed by atoms with Gasteiger partial charge in [-0.05, 0) is 0 Å². The van der Waals surface area contributed by atoms with Crippen LogP contribution in [0.25, 0.3) is 0 Å². The maximum Gasteiger partial charge on any atom is 0.415 e. The molecule has 100 valence electrons. The molecule has 0 spiro atoms. The van der Waals surface area contributed by atoms with Crippen molar-refractivity contribution < 1.29 is 27.8 Å². The third-order valence-corrected chi connectivity index (χ3v) is 2.61. The number of halogens is 3. The highest BCUT2D eigenvalue weighted by molar-refractivity contribution is 5.67. The first kappa shape index (κ1) is 14.0. The van der Waals surface area contributed by atoms with Gasteiger partial charge in [0.25, 0.3) is 0 Å². The maximum atomic E-state index is 12.1. The van der Waals surface area contributed by atoms with Gasteiger partial charge in [0.15, 0.2) is 6.10 Å². The number of piperazine rings is 1. The van der Waals surface area contributed by atoms with Crippen molar-refractivity contribution in [3.63, 3.8) is 0 Å². The Labute approximate surface area is 96.7 Å². The van der Waals surface area contributed by atoms with Crippen LogP contribution >= 0.6 is 0 Å². The van der Waals surface area contributed by atoms with Crippen molar-refractivity contribution in [3.05, 3.63) is 0 Å². The number of alkyl halides is 3. The fourth-order valence-electron chi connectivity index (χ4n) is 1.59. The van der Waals surface area contributed by atoms with Crippen molar-refractivity contribution in [1.29, 1.82) is 0 Å². The topological polar surface area (TPSA) is 53.0 Å². The van der Waals surface area contributed by atoms with E-state index in [1.54, 1.807) is 0 Å². The van der Waals surface area contributed by atoms with Crippen LogP contribution in [-0.4, -0.2) is 73.1 Å². The van der Waals surface area contributed by atoms with Crippen LogP contribution in [0, 0.1) is 0 Å². The van der Waals surface area contributed by atoms with Gasteiger partial charge >= 0.3 is 12.3 Å². The number of carbonyl (C=O) groups excluding carboxylic acids is 1. The van der Waals surface area contributed by atoms with Gasteiger partial charge < -0.3 is 14.7 Å². The van der Waals surface area contributed by atoms with Crippen LogP contribution in [0.15, 0.2) is 0 Å². The fourth-order valence-corrected chi connectivity index (χ4v) is 1.59. The second-order valence-corrected chi connectivity index (χ2v) is 3.82. The molecule has 5 nitrogen and oxygen atoms in total. The molecule has 1 atom stereocenters.